The third kappa shape index (κ3) is 4.46. The van der Waals surface area contributed by atoms with Crippen LogP contribution in [0.15, 0.2) is 64.9 Å². The quantitative estimate of drug-likeness (QED) is 0.735. The fraction of sp³-hybridized carbons (Fsp3) is 0.167. The molecule has 128 valence electrons. The van der Waals surface area contributed by atoms with Gasteiger partial charge >= 0.3 is 0 Å². The average molecular weight is 354 g/mol. The summed E-state index contributed by atoms with van der Waals surface area (Å²) in [5.41, 5.74) is 2.31. The number of aromatic nitrogens is 3. The number of nitrogens with zero attached hydrogens (tertiary/aromatic N) is 3. The van der Waals surface area contributed by atoms with E-state index in [2.05, 4.69) is 15.5 Å². The molecule has 1 aromatic heterocycles. The van der Waals surface area contributed by atoms with Gasteiger partial charge in [0.25, 0.3) is 5.91 Å². The second-order valence-electron chi connectivity index (χ2n) is 5.44. The van der Waals surface area contributed by atoms with Gasteiger partial charge in [-0.15, -0.1) is 10.2 Å². The molecule has 3 aromatic rings. The number of ether oxygens (including phenoxy) is 1. The third-order valence-corrected chi connectivity index (χ3v) is 4.55. The lowest BCUT2D eigenvalue weighted by atomic mass is 10.1. The zero-order valence-corrected chi connectivity index (χ0v) is 14.8. The normalized spacial score (nSPS) is 10.6. The zero-order chi connectivity index (χ0) is 17.6. The Bertz CT molecular complexity index is 862. The second kappa shape index (κ2) is 7.96. The van der Waals surface area contributed by atoms with E-state index in [1.165, 1.54) is 11.8 Å². The van der Waals surface area contributed by atoms with Gasteiger partial charge in [0.1, 0.15) is 6.33 Å². The molecule has 0 aliphatic heterocycles. The van der Waals surface area contributed by atoms with Gasteiger partial charge in [0.05, 0.1) is 6.61 Å². The number of hydrogen-bond donors (Lipinski definition) is 1. The molecular weight excluding hydrogens is 336 g/mol. The summed E-state index contributed by atoms with van der Waals surface area (Å²) in [6.07, 6.45) is 1.66. The van der Waals surface area contributed by atoms with Crippen molar-refractivity contribution in [1.29, 1.82) is 0 Å². The largest absolute Gasteiger partial charge is 0.380 e. The molecule has 0 spiro atoms. The van der Waals surface area contributed by atoms with Gasteiger partial charge in [0.2, 0.25) is 0 Å². The summed E-state index contributed by atoms with van der Waals surface area (Å²) in [6, 6.07) is 15.0. The van der Waals surface area contributed by atoms with Crippen LogP contribution < -0.4 is 5.32 Å². The lowest BCUT2D eigenvalue weighted by molar-refractivity contribution is 0.102. The molecule has 1 N–H and O–H groups in total. The van der Waals surface area contributed by atoms with Gasteiger partial charge in [-0.1, -0.05) is 12.1 Å². The number of methoxy groups -OCH3 is 1. The van der Waals surface area contributed by atoms with Gasteiger partial charge < -0.3 is 14.6 Å². The molecule has 25 heavy (non-hydrogen) atoms. The van der Waals surface area contributed by atoms with E-state index in [9.17, 15) is 4.79 Å². The number of nitrogens with one attached hydrogen (secondary N) is 1. The lowest BCUT2D eigenvalue weighted by Gasteiger charge is -2.08. The highest BCUT2D eigenvalue weighted by atomic mass is 32.2. The first-order chi connectivity index (χ1) is 12.2. The molecule has 2 aromatic carbocycles. The lowest BCUT2D eigenvalue weighted by Crippen LogP contribution is -2.12. The van der Waals surface area contributed by atoms with Gasteiger partial charge in [-0.05, 0) is 53.7 Å². The van der Waals surface area contributed by atoms with E-state index in [1.54, 1.807) is 19.5 Å². The SMILES string of the molecule is COCc1cccc(C(=O)Nc2ccc(Sc3nncn3C)cc2)c1. The number of carbonyl (C=O) groups is 1. The molecule has 3 rings (SSSR count). The van der Waals surface area contributed by atoms with Crippen molar-refractivity contribution < 1.29 is 9.53 Å². The number of rotatable bonds is 6. The Hall–Kier alpha value is -2.64. The number of benzene rings is 2. The maximum absolute atomic E-state index is 12.4. The summed E-state index contributed by atoms with van der Waals surface area (Å²) in [4.78, 5) is 13.4. The van der Waals surface area contributed by atoms with E-state index < -0.39 is 0 Å². The van der Waals surface area contributed by atoms with E-state index in [0.29, 0.717) is 12.2 Å². The van der Waals surface area contributed by atoms with Crippen molar-refractivity contribution in [1.82, 2.24) is 14.8 Å². The predicted octanol–water partition coefficient (Wildman–Crippen LogP) is 3.37. The Morgan fingerprint density at radius 2 is 2.04 bits per heavy atom. The number of aryl methyl sites for hydroxylation is 1. The van der Waals surface area contributed by atoms with Gasteiger partial charge in [0, 0.05) is 30.3 Å². The first kappa shape index (κ1) is 17.2. The van der Waals surface area contributed by atoms with Crippen LogP contribution in [0.25, 0.3) is 0 Å². The van der Waals surface area contributed by atoms with E-state index in [1.807, 2.05) is 54.1 Å². The molecule has 7 heteroatoms. The summed E-state index contributed by atoms with van der Waals surface area (Å²) in [6.45, 7) is 0.481. The van der Waals surface area contributed by atoms with Gasteiger partial charge in [-0.3, -0.25) is 4.79 Å². The highest BCUT2D eigenvalue weighted by Crippen LogP contribution is 2.26. The molecule has 6 nitrogen and oxygen atoms in total. The van der Waals surface area contributed by atoms with Crippen LogP contribution in [0.2, 0.25) is 0 Å². The number of amides is 1. The summed E-state index contributed by atoms with van der Waals surface area (Å²) in [7, 11) is 3.53. The fourth-order valence-electron chi connectivity index (χ4n) is 2.25. The van der Waals surface area contributed by atoms with Gasteiger partial charge in [-0.25, -0.2) is 0 Å². The smallest absolute Gasteiger partial charge is 0.255 e. The highest BCUT2D eigenvalue weighted by molar-refractivity contribution is 7.99. The minimum atomic E-state index is -0.147. The predicted molar refractivity (Wildman–Crippen MR) is 96.7 cm³/mol. The Labute approximate surface area is 150 Å². The van der Waals surface area contributed by atoms with E-state index in [0.717, 1.165) is 21.3 Å². The summed E-state index contributed by atoms with van der Waals surface area (Å²) in [5, 5.41) is 11.6. The zero-order valence-electron chi connectivity index (χ0n) is 14.0. The van der Waals surface area contributed by atoms with Crippen molar-refractivity contribution in [2.45, 2.75) is 16.7 Å². The average Bonchev–Trinajstić information content (AvgIpc) is 3.02. The maximum Gasteiger partial charge on any atom is 0.255 e. The van der Waals surface area contributed by atoms with Crippen LogP contribution in [-0.4, -0.2) is 27.8 Å². The molecule has 0 saturated carbocycles. The molecule has 0 atom stereocenters. The molecule has 0 bridgehead atoms. The molecular formula is C18H18N4O2S. The highest BCUT2D eigenvalue weighted by Gasteiger charge is 2.08. The van der Waals surface area contributed by atoms with E-state index >= 15 is 0 Å². The molecule has 0 fully saturated rings. The van der Waals surface area contributed by atoms with Crippen LogP contribution >= 0.6 is 11.8 Å². The summed E-state index contributed by atoms with van der Waals surface area (Å²) < 4.78 is 6.95. The standard InChI is InChI=1S/C18H18N4O2S/c1-22-12-19-21-18(22)25-16-8-6-15(7-9-16)20-17(23)14-5-3-4-13(10-14)11-24-2/h3-10,12H,11H2,1-2H3,(H,20,23). The van der Waals surface area contributed by atoms with Crippen molar-refractivity contribution in [3.8, 4) is 0 Å². The van der Waals surface area contributed by atoms with Crippen LogP contribution in [-0.2, 0) is 18.4 Å². The van der Waals surface area contributed by atoms with Crippen molar-refractivity contribution in [3.63, 3.8) is 0 Å². The first-order valence-corrected chi connectivity index (χ1v) is 8.48. The van der Waals surface area contributed by atoms with Crippen molar-refractivity contribution in [2.75, 3.05) is 12.4 Å². The molecule has 0 saturated heterocycles. The molecule has 0 aliphatic rings. The summed E-state index contributed by atoms with van der Waals surface area (Å²) >= 11 is 1.52. The topological polar surface area (TPSA) is 69.0 Å². The maximum atomic E-state index is 12.4. The monoisotopic (exact) mass is 354 g/mol. The van der Waals surface area contributed by atoms with Crippen LogP contribution in [0.3, 0.4) is 0 Å². The number of hydrogen-bond acceptors (Lipinski definition) is 5. The molecule has 1 amide bonds. The van der Waals surface area contributed by atoms with E-state index in [4.69, 9.17) is 4.74 Å². The van der Waals surface area contributed by atoms with Crippen LogP contribution in [0.4, 0.5) is 5.69 Å². The van der Waals surface area contributed by atoms with Crippen LogP contribution in [0.1, 0.15) is 15.9 Å². The Morgan fingerprint density at radius 3 is 2.72 bits per heavy atom. The van der Waals surface area contributed by atoms with Crippen molar-refractivity contribution >= 4 is 23.4 Å². The summed E-state index contributed by atoms with van der Waals surface area (Å²) in [5.74, 6) is -0.147. The second-order valence-corrected chi connectivity index (χ2v) is 6.48. The minimum Gasteiger partial charge on any atom is -0.380 e. The van der Waals surface area contributed by atoms with Gasteiger partial charge in [-0.2, -0.15) is 0 Å². The van der Waals surface area contributed by atoms with Crippen molar-refractivity contribution in [2.24, 2.45) is 7.05 Å². The third-order valence-electron chi connectivity index (χ3n) is 3.49. The number of anilines is 1. The van der Waals surface area contributed by atoms with Gasteiger partial charge in [0.15, 0.2) is 5.16 Å². The number of carbonyl (C=O) groups excluding carboxylic acids is 1. The molecule has 0 radical (unpaired) electrons. The molecule has 1 heterocycles. The Kier molecular flexibility index (Phi) is 5.47. The Balaban J connectivity index is 1.65. The molecule has 0 unspecified atom stereocenters. The van der Waals surface area contributed by atoms with Crippen LogP contribution in [0.5, 0.6) is 0 Å². The fourth-order valence-corrected chi connectivity index (χ4v) is 3.01. The van der Waals surface area contributed by atoms with Crippen LogP contribution in [0, 0.1) is 0 Å². The van der Waals surface area contributed by atoms with Crippen molar-refractivity contribution in [3.05, 3.63) is 66.0 Å². The minimum absolute atomic E-state index is 0.147. The molecule has 0 aliphatic carbocycles. The van der Waals surface area contributed by atoms with E-state index in [-0.39, 0.29) is 5.91 Å². The first-order valence-electron chi connectivity index (χ1n) is 7.67. The Morgan fingerprint density at radius 1 is 1.24 bits per heavy atom.